The number of benzene rings is 2. The highest BCUT2D eigenvalue weighted by atomic mass is 32.2. The fourth-order valence-corrected chi connectivity index (χ4v) is 4.45. The molecule has 10 nitrogen and oxygen atoms in total. The van der Waals surface area contributed by atoms with E-state index in [0.29, 0.717) is 0 Å². The van der Waals surface area contributed by atoms with E-state index < -0.39 is 52.3 Å². The van der Waals surface area contributed by atoms with E-state index in [-0.39, 0.29) is 21.7 Å². The number of imide groups is 1. The molecule has 1 unspecified atom stereocenters. The molecule has 2 aromatic carbocycles. The smallest absolute Gasteiger partial charge is 0.330 e. The molecular weight excluding hydrogens is 462 g/mol. The molecule has 0 fully saturated rings. The van der Waals surface area contributed by atoms with Gasteiger partial charge >= 0.3 is 5.97 Å². The van der Waals surface area contributed by atoms with Crippen LogP contribution in [-0.4, -0.2) is 68.1 Å². The minimum atomic E-state index is -3.70. The summed E-state index contributed by atoms with van der Waals surface area (Å²) >= 11 is 0. The number of anilines is 1. The number of fused-ring (bicyclic) bond motifs is 1. The number of carbonyl (C=O) groups is 4. The molecule has 11 heteroatoms. The van der Waals surface area contributed by atoms with Crippen molar-refractivity contribution in [3.63, 3.8) is 0 Å². The first-order chi connectivity index (χ1) is 15.9. The summed E-state index contributed by atoms with van der Waals surface area (Å²) in [6, 6.07) is 10.7. The average Bonchev–Trinajstić information content (AvgIpc) is 3.03. The SMILES string of the molecule is CC(C)C(C(=O)OCC(=O)Nc1cccc(S(=O)(=O)N(C)C)c1)N1C(=O)c2ccccc2C1=O. The topological polar surface area (TPSA) is 130 Å². The molecule has 3 rings (SSSR count). The molecule has 180 valence electrons. The van der Waals surface area contributed by atoms with Crippen LogP contribution in [-0.2, 0) is 24.3 Å². The van der Waals surface area contributed by atoms with Crippen LogP contribution in [0.25, 0.3) is 0 Å². The third-order valence-corrected chi connectivity index (χ3v) is 7.03. The van der Waals surface area contributed by atoms with Crippen LogP contribution in [0.5, 0.6) is 0 Å². The second-order valence-corrected chi connectivity index (χ2v) is 10.3. The van der Waals surface area contributed by atoms with Gasteiger partial charge in [0.15, 0.2) is 6.61 Å². The Labute approximate surface area is 197 Å². The van der Waals surface area contributed by atoms with Crippen molar-refractivity contribution in [1.29, 1.82) is 0 Å². The summed E-state index contributed by atoms with van der Waals surface area (Å²) in [5, 5.41) is 2.47. The lowest BCUT2D eigenvalue weighted by Crippen LogP contribution is -2.49. The summed E-state index contributed by atoms with van der Waals surface area (Å²) in [6.45, 7) is 2.63. The zero-order valence-corrected chi connectivity index (χ0v) is 20.0. The quantitative estimate of drug-likeness (QED) is 0.443. The van der Waals surface area contributed by atoms with Gasteiger partial charge in [-0.1, -0.05) is 32.0 Å². The fourth-order valence-electron chi connectivity index (χ4n) is 3.50. The van der Waals surface area contributed by atoms with Gasteiger partial charge in [0.2, 0.25) is 10.0 Å². The largest absolute Gasteiger partial charge is 0.454 e. The molecule has 1 heterocycles. The highest BCUT2D eigenvalue weighted by Crippen LogP contribution is 2.27. The van der Waals surface area contributed by atoms with E-state index in [1.54, 1.807) is 26.0 Å². The molecule has 0 bridgehead atoms. The second-order valence-electron chi connectivity index (χ2n) is 8.19. The summed E-state index contributed by atoms with van der Waals surface area (Å²) in [4.78, 5) is 51.5. The molecule has 0 spiro atoms. The Balaban J connectivity index is 1.68. The Morgan fingerprint density at radius 3 is 2.12 bits per heavy atom. The van der Waals surface area contributed by atoms with E-state index in [4.69, 9.17) is 4.74 Å². The maximum absolute atomic E-state index is 12.8. The summed E-state index contributed by atoms with van der Waals surface area (Å²) in [7, 11) is -0.920. The van der Waals surface area contributed by atoms with Crippen molar-refractivity contribution in [3.8, 4) is 0 Å². The van der Waals surface area contributed by atoms with Crippen molar-refractivity contribution in [1.82, 2.24) is 9.21 Å². The van der Waals surface area contributed by atoms with Crippen molar-refractivity contribution in [2.75, 3.05) is 26.0 Å². The summed E-state index contributed by atoms with van der Waals surface area (Å²) in [6.07, 6.45) is 0. The predicted molar refractivity (Wildman–Crippen MR) is 122 cm³/mol. The first-order valence-electron chi connectivity index (χ1n) is 10.4. The lowest BCUT2D eigenvalue weighted by atomic mass is 10.0. The molecule has 1 N–H and O–H groups in total. The standard InChI is InChI=1S/C23H25N3O7S/c1-14(2)20(26-21(28)17-10-5-6-11-18(17)22(26)29)23(30)33-13-19(27)24-15-8-7-9-16(12-15)34(31,32)25(3)4/h5-12,14,20H,13H2,1-4H3,(H,24,27). The third kappa shape index (κ3) is 4.85. The van der Waals surface area contributed by atoms with E-state index in [9.17, 15) is 27.6 Å². The summed E-state index contributed by atoms with van der Waals surface area (Å²) < 4.78 is 30.7. The fraction of sp³-hybridized carbons (Fsp3) is 0.304. The van der Waals surface area contributed by atoms with Gasteiger partial charge in [-0.2, -0.15) is 0 Å². The van der Waals surface area contributed by atoms with Gasteiger partial charge in [0.05, 0.1) is 16.0 Å². The molecule has 1 aliphatic rings. The van der Waals surface area contributed by atoms with Gasteiger partial charge in [-0.15, -0.1) is 0 Å². The highest BCUT2D eigenvalue weighted by Gasteiger charge is 2.44. The first kappa shape index (κ1) is 25.1. The number of amides is 3. The van der Waals surface area contributed by atoms with E-state index in [2.05, 4.69) is 5.32 Å². The van der Waals surface area contributed by atoms with Crippen LogP contribution in [0.4, 0.5) is 5.69 Å². The van der Waals surface area contributed by atoms with Gasteiger partial charge in [0.1, 0.15) is 6.04 Å². The second kappa shape index (κ2) is 9.74. The van der Waals surface area contributed by atoms with Crippen LogP contribution in [0.3, 0.4) is 0 Å². The molecule has 3 amide bonds. The molecule has 1 atom stereocenters. The van der Waals surface area contributed by atoms with Gasteiger partial charge in [0, 0.05) is 19.8 Å². The van der Waals surface area contributed by atoms with Crippen molar-refractivity contribution < 1.29 is 32.3 Å². The minimum absolute atomic E-state index is 0.0159. The van der Waals surface area contributed by atoms with Crippen LogP contribution in [0, 0.1) is 5.92 Å². The molecule has 0 saturated carbocycles. The summed E-state index contributed by atoms with van der Waals surface area (Å²) in [5.74, 6) is -3.27. The molecule has 0 radical (unpaired) electrons. The van der Waals surface area contributed by atoms with Crippen LogP contribution >= 0.6 is 0 Å². The van der Waals surface area contributed by atoms with E-state index in [1.807, 2.05) is 0 Å². The normalized spacial score (nSPS) is 14.4. The summed E-state index contributed by atoms with van der Waals surface area (Å²) in [5.41, 5.74) is 0.609. The van der Waals surface area contributed by atoms with Crippen LogP contribution in [0.15, 0.2) is 53.4 Å². The number of hydrogen-bond acceptors (Lipinski definition) is 7. The number of esters is 1. The van der Waals surface area contributed by atoms with Crippen LogP contribution in [0.2, 0.25) is 0 Å². The monoisotopic (exact) mass is 487 g/mol. The molecule has 0 aliphatic carbocycles. The van der Waals surface area contributed by atoms with E-state index in [1.165, 1.54) is 50.5 Å². The van der Waals surface area contributed by atoms with E-state index in [0.717, 1.165) is 9.21 Å². The number of sulfonamides is 1. The number of nitrogens with one attached hydrogen (secondary N) is 1. The number of nitrogens with zero attached hydrogens (tertiary/aromatic N) is 2. The van der Waals surface area contributed by atoms with Crippen molar-refractivity contribution in [2.45, 2.75) is 24.8 Å². The Hall–Kier alpha value is -3.57. The van der Waals surface area contributed by atoms with Gasteiger partial charge in [-0.3, -0.25) is 19.3 Å². The lowest BCUT2D eigenvalue weighted by molar-refractivity contribution is -0.152. The molecule has 0 saturated heterocycles. The van der Waals surface area contributed by atoms with Gasteiger partial charge in [-0.25, -0.2) is 17.5 Å². The van der Waals surface area contributed by atoms with Crippen LogP contribution in [0.1, 0.15) is 34.6 Å². The Kier molecular flexibility index (Phi) is 7.18. The number of hydrogen-bond donors (Lipinski definition) is 1. The van der Waals surface area contributed by atoms with E-state index >= 15 is 0 Å². The molecular formula is C23H25N3O7S. The van der Waals surface area contributed by atoms with Gasteiger partial charge < -0.3 is 10.1 Å². The molecule has 1 aliphatic heterocycles. The molecule has 34 heavy (non-hydrogen) atoms. The molecule has 0 aromatic heterocycles. The molecule has 2 aromatic rings. The van der Waals surface area contributed by atoms with Crippen molar-refractivity contribution in [3.05, 3.63) is 59.7 Å². The Bertz CT molecular complexity index is 1220. The number of rotatable bonds is 8. The maximum atomic E-state index is 12.8. The zero-order chi connectivity index (χ0) is 25.2. The number of ether oxygens (including phenoxy) is 1. The third-order valence-electron chi connectivity index (χ3n) is 5.22. The predicted octanol–water partition coefficient (Wildman–Crippen LogP) is 1.74. The lowest BCUT2D eigenvalue weighted by Gasteiger charge is -2.27. The average molecular weight is 488 g/mol. The number of carbonyl (C=O) groups excluding carboxylic acids is 4. The minimum Gasteiger partial charge on any atom is -0.454 e. The van der Waals surface area contributed by atoms with Gasteiger partial charge in [0.25, 0.3) is 17.7 Å². The Morgan fingerprint density at radius 1 is 1.00 bits per heavy atom. The maximum Gasteiger partial charge on any atom is 0.330 e. The van der Waals surface area contributed by atoms with Crippen molar-refractivity contribution in [2.24, 2.45) is 5.92 Å². The van der Waals surface area contributed by atoms with Crippen LogP contribution < -0.4 is 5.32 Å². The van der Waals surface area contributed by atoms with Crippen molar-refractivity contribution >= 4 is 39.4 Å². The Morgan fingerprint density at radius 2 is 1.59 bits per heavy atom. The zero-order valence-electron chi connectivity index (χ0n) is 19.1. The first-order valence-corrected chi connectivity index (χ1v) is 11.8. The highest BCUT2D eigenvalue weighted by molar-refractivity contribution is 7.89. The van der Waals surface area contributed by atoms with Gasteiger partial charge in [-0.05, 0) is 36.2 Å².